The number of rotatable bonds is 5. The van der Waals surface area contributed by atoms with E-state index in [4.69, 9.17) is 10.6 Å². The highest BCUT2D eigenvalue weighted by molar-refractivity contribution is 5.35. The Morgan fingerprint density at radius 1 is 1.33 bits per heavy atom. The summed E-state index contributed by atoms with van der Waals surface area (Å²) in [6.45, 7) is 3.54. The number of hydrazine groups is 1. The Bertz CT molecular complexity index is 635. The van der Waals surface area contributed by atoms with Gasteiger partial charge in [-0.05, 0) is 29.2 Å². The molecular weight excluding hydrogens is 264 g/mol. The number of hydrogen-bond donors (Lipinski definition) is 2. The second-order valence-electron chi connectivity index (χ2n) is 5.55. The molecule has 1 unspecified atom stereocenters. The summed E-state index contributed by atoms with van der Waals surface area (Å²) in [5.41, 5.74) is 8.98. The van der Waals surface area contributed by atoms with E-state index in [2.05, 4.69) is 41.7 Å². The molecule has 112 valence electrons. The summed E-state index contributed by atoms with van der Waals surface area (Å²) < 4.78 is 7.42. The van der Waals surface area contributed by atoms with Gasteiger partial charge < -0.3 is 4.74 Å². The average molecular weight is 286 g/mol. The molecule has 0 bridgehead atoms. The van der Waals surface area contributed by atoms with Gasteiger partial charge in [0.1, 0.15) is 0 Å². The van der Waals surface area contributed by atoms with E-state index in [0.717, 1.165) is 25.1 Å². The first-order valence-corrected chi connectivity index (χ1v) is 7.38. The molecule has 1 aromatic heterocycles. The maximum absolute atomic E-state index is 5.78. The normalized spacial score (nSPS) is 15.2. The van der Waals surface area contributed by atoms with Crippen LogP contribution in [0, 0.1) is 0 Å². The Balaban J connectivity index is 1.83. The second kappa shape index (κ2) is 5.97. The highest BCUT2D eigenvalue weighted by atomic mass is 16.5. The monoisotopic (exact) mass is 286 g/mol. The van der Waals surface area contributed by atoms with Gasteiger partial charge in [-0.3, -0.25) is 16.0 Å². The lowest BCUT2D eigenvalue weighted by molar-refractivity contribution is 0.134. The van der Waals surface area contributed by atoms with Crippen LogP contribution in [0.2, 0.25) is 0 Å². The summed E-state index contributed by atoms with van der Waals surface area (Å²) in [4.78, 5) is 0. The predicted molar refractivity (Wildman–Crippen MR) is 81.3 cm³/mol. The minimum atomic E-state index is 0.0796. The molecule has 1 aromatic carbocycles. The largest absolute Gasteiger partial charge is 0.372 e. The quantitative estimate of drug-likeness (QED) is 0.649. The number of nitrogens with one attached hydrogen (secondary N) is 1. The number of fused-ring (bicyclic) bond motifs is 1. The molecule has 0 saturated carbocycles. The van der Waals surface area contributed by atoms with Crippen molar-refractivity contribution in [3.05, 3.63) is 52.3 Å². The Labute approximate surface area is 125 Å². The van der Waals surface area contributed by atoms with Gasteiger partial charge in [0.25, 0.3) is 0 Å². The van der Waals surface area contributed by atoms with Gasteiger partial charge in [0.2, 0.25) is 0 Å². The minimum Gasteiger partial charge on any atom is -0.372 e. The zero-order valence-corrected chi connectivity index (χ0v) is 12.6. The molecule has 2 aromatic rings. The number of benzene rings is 1. The molecule has 5 nitrogen and oxygen atoms in total. The van der Waals surface area contributed by atoms with Gasteiger partial charge in [-0.1, -0.05) is 25.1 Å². The summed E-state index contributed by atoms with van der Waals surface area (Å²) in [6.07, 6.45) is 1.77. The number of nitrogens with zero attached hydrogens (tertiary/aromatic N) is 2. The fourth-order valence-corrected chi connectivity index (χ4v) is 2.83. The van der Waals surface area contributed by atoms with Gasteiger partial charge in [0, 0.05) is 19.2 Å². The number of hydrogen-bond acceptors (Lipinski definition) is 4. The topological polar surface area (TPSA) is 65.1 Å². The second-order valence-corrected chi connectivity index (χ2v) is 5.55. The van der Waals surface area contributed by atoms with E-state index in [0.29, 0.717) is 6.61 Å². The lowest BCUT2D eigenvalue weighted by Crippen LogP contribution is -2.30. The van der Waals surface area contributed by atoms with Crippen molar-refractivity contribution in [2.75, 3.05) is 0 Å². The van der Waals surface area contributed by atoms with Crippen molar-refractivity contribution in [2.45, 2.75) is 39.0 Å². The van der Waals surface area contributed by atoms with Gasteiger partial charge >= 0.3 is 0 Å². The molecule has 5 heteroatoms. The van der Waals surface area contributed by atoms with Gasteiger partial charge in [0.15, 0.2) is 0 Å². The van der Waals surface area contributed by atoms with E-state index in [1.54, 1.807) is 0 Å². The first kappa shape index (κ1) is 14.3. The molecule has 0 fully saturated rings. The molecule has 0 saturated heterocycles. The molecule has 0 amide bonds. The zero-order valence-electron chi connectivity index (χ0n) is 12.6. The van der Waals surface area contributed by atoms with Crippen molar-refractivity contribution in [1.29, 1.82) is 0 Å². The molecule has 0 spiro atoms. The molecule has 1 atom stereocenters. The Morgan fingerprint density at radius 3 is 2.86 bits per heavy atom. The van der Waals surface area contributed by atoms with Gasteiger partial charge in [-0.15, -0.1) is 0 Å². The van der Waals surface area contributed by atoms with Crippen LogP contribution in [0.5, 0.6) is 0 Å². The Kier molecular flexibility index (Phi) is 4.05. The van der Waals surface area contributed by atoms with E-state index >= 15 is 0 Å². The maximum Gasteiger partial charge on any atom is 0.0725 e. The zero-order chi connectivity index (χ0) is 14.8. The van der Waals surface area contributed by atoms with Crippen LogP contribution in [0.4, 0.5) is 0 Å². The number of ether oxygens (including phenoxy) is 1. The molecule has 1 aliphatic heterocycles. The van der Waals surface area contributed by atoms with Crippen LogP contribution in [0.15, 0.2) is 24.3 Å². The predicted octanol–water partition coefficient (Wildman–Crippen LogP) is 1.76. The Hall–Kier alpha value is -1.69. The first-order chi connectivity index (χ1) is 10.2. The molecule has 21 heavy (non-hydrogen) atoms. The first-order valence-electron chi connectivity index (χ1n) is 7.38. The van der Waals surface area contributed by atoms with Gasteiger partial charge in [-0.2, -0.15) is 5.10 Å². The third-order valence-corrected chi connectivity index (χ3v) is 4.15. The molecular formula is C16H22N4O. The van der Waals surface area contributed by atoms with Gasteiger partial charge in [0.05, 0.1) is 24.9 Å². The smallest absolute Gasteiger partial charge is 0.0725 e. The summed E-state index contributed by atoms with van der Waals surface area (Å²) in [5, 5.41) is 4.50. The molecule has 0 aliphatic carbocycles. The van der Waals surface area contributed by atoms with E-state index in [1.165, 1.54) is 22.4 Å². The van der Waals surface area contributed by atoms with Crippen molar-refractivity contribution < 1.29 is 4.74 Å². The fourth-order valence-electron chi connectivity index (χ4n) is 2.83. The minimum absolute atomic E-state index is 0.0796. The molecule has 3 rings (SSSR count). The molecule has 2 heterocycles. The fraction of sp³-hybridized carbons (Fsp3) is 0.438. The Morgan fingerprint density at radius 2 is 2.14 bits per heavy atom. The van der Waals surface area contributed by atoms with Crippen molar-refractivity contribution in [3.63, 3.8) is 0 Å². The maximum atomic E-state index is 5.78. The van der Waals surface area contributed by atoms with E-state index in [1.807, 2.05) is 11.7 Å². The summed E-state index contributed by atoms with van der Waals surface area (Å²) in [6, 6.07) is 8.71. The van der Waals surface area contributed by atoms with E-state index < -0.39 is 0 Å². The van der Waals surface area contributed by atoms with E-state index in [-0.39, 0.29) is 6.04 Å². The summed E-state index contributed by atoms with van der Waals surface area (Å²) in [5.74, 6) is 5.78. The van der Waals surface area contributed by atoms with Crippen molar-refractivity contribution in [2.24, 2.45) is 12.9 Å². The SMILES string of the molecule is CCc1cc(CC(NN)c2ccc3c(c2)COC3)n(C)n1. The lowest BCUT2D eigenvalue weighted by Gasteiger charge is -2.17. The summed E-state index contributed by atoms with van der Waals surface area (Å²) >= 11 is 0. The van der Waals surface area contributed by atoms with Crippen LogP contribution < -0.4 is 11.3 Å². The van der Waals surface area contributed by atoms with Crippen molar-refractivity contribution in [3.8, 4) is 0 Å². The van der Waals surface area contributed by atoms with Crippen LogP contribution >= 0.6 is 0 Å². The number of aromatic nitrogens is 2. The average Bonchev–Trinajstić information content (AvgIpc) is 3.10. The van der Waals surface area contributed by atoms with Gasteiger partial charge in [-0.25, -0.2) is 0 Å². The molecule has 0 radical (unpaired) electrons. The summed E-state index contributed by atoms with van der Waals surface area (Å²) in [7, 11) is 1.98. The number of nitrogens with two attached hydrogens (primary N) is 1. The van der Waals surface area contributed by atoms with Crippen LogP contribution in [0.25, 0.3) is 0 Å². The van der Waals surface area contributed by atoms with Crippen LogP contribution in [-0.4, -0.2) is 9.78 Å². The van der Waals surface area contributed by atoms with Crippen LogP contribution in [0.1, 0.15) is 41.0 Å². The highest BCUT2D eigenvalue weighted by Crippen LogP contribution is 2.25. The number of aryl methyl sites for hydroxylation is 2. The van der Waals surface area contributed by atoms with E-state index in [9.17, 15) is 0 Å². The molecule has 3 N–H and O–H groups in total. The van der Waals surface area contributed by atoms with Crippen LogP contribution in [-0.2, 0) is 37.8 Å². The van der Waals surface area contributed by atoms with Crippen molar-refractivity contribution in [1.82, 2.24) is 15.2 Å². The third kappa shape index (κ3) is 2.85. The highest BCUT2D eigenvalue weighted by Gasteiger charge is 2.17. The standard InChI is InChI=1S/C16H22N4O/c1-3-14-7-15(20(2)19-14)8-16(18-17)11-4-5-12-9-21-10-13(12)6-11/h4-7,16,18H,3,8-10,17H2,1-2H3. The lowest BCUT2D eigenvalue weighted by atomic mass is 9.98. The van der Waals surface area contributed by atoms with Crippen LogP contribution in [0.3, 0.4) is 0 Å². The third-order valence-electron chi connectivity index (χ3n) is 4.15. The van der Waals surface area contributed by atoms with Crippen molar-refractivity contribution >= 4 is 0 Å². The molecule has 1 aliphatic rings.